The van der Waals surface area contributed by atoms with Crippen molar-refractivity contribution in [2.24, 2.45) is 0 Å². The number of ether oxygens (including phenoxy) is 1. The molecule has 0 N–H and O–H groups in total. The molecule has 0 saturated heterocycles. The number of nitrogens with zero attached hydrogens (tertiary/aromatic N) is 4. The molecule has 84 valence electrons. The van der Waals surface area contributed by atoms with E-state index in [1.165, 1.54) is 16.9 Å². The summed E-state index contributed by atoms with van der Waals surface area (Å²) in [6.45, 7) is 3.75. The molecule has 0 radical (unpaired) electrons. The van der Waals surface area contributed by atoms with Gasteiger partial charge in [0.05, 0.1) is 11.0 Å². The van der Waals surface area contributed by atoms with Gasteiger partial charge in [-0.1, -0.05) is 0 Å². The lowest BCUT2D eigenvalue weighted by molar-refractivity contribution is -0.385. The Morgan fingerprint density at radius 3 is 2.94 bits per heavy atom. The van der Waals surface area contributed by atoms with E-state index >= 15 is 0 Å². The van der Waals surface area contributed by atoms with Crippen molar-refractivity contribution in [1.29, 1.82) is 0 Å². The molecule has 2 aromatic rings. The Labute approximate surface area is 90.8 Å². The SMILES string of the molecule is CC(C)Oc1cc2ncc([N+](=O)[O-])cn2n1. The monoisotopic (exact) mass is 222 g/mol. The molecule has 0 aliphatic heterocycles. The standard InChI is InChI=1S/C9H10N4O3/c1-6(2)16-9-3-8-10-4-7(13(14)15)5-12(8)11-9/h3-6H,1-2H3. The van der Waals surface area contributed by atoms with Crippen molar-refractivity contribution in [3.05, 3.63) is 28.6 Å². The Kier molecular flexibility index (Phi) is 2.43. The molecule has 0 spiro atoms. The van der Waals surface area contributed by atoms with Crippen LogP contribution in [0.15, 0.2) is 18.5 Å². The van der Waals surface area contributed by atoms with Gasteiger partial charge < -0.3 is 4.74 Å². The maximum Gasteiger partial charge on any atom is 0.305 e. The van der Waals surface area contributed by atoms with Crippen LogP contribution in [-0.4, -0.2) is 25.6 Å². The molecule has 2 heterocycles. The van der Waals surface area contributed by atoms with Crippen molar-refractivity contribution in [2.45, 2.75) is 20.0 Å². The fraction of sp³-hybridized carbons (Fsp3) is 0.333. The Hall–Kier alpha value is -2.18. The molecule has 7 nitrogen and oxygen atoms in total. The topological polar surface area (TPSA) is 82.6 Å². The minimum absolute atomic E-state index is 0.0000944. The lowest BCUT2D eigenvalue weighted by atomic mass is 10.5. The van der Waals surface area contributed by atoms with Crippen molar-refractivity contribution in [3.63, 3.8) is 0 Å². The number of hydrogen-bond acceptors (Lipinski definition) is 5. The van der Waals surface area contributed by atoms with Gasteiger partial charge in [0, 0.05) is 6.07 Å². The summed E-state index contributed by atoms with van der Waals surface area (Å²) in [4.78, 5) is 13.9. The normalized spacial score (nSPS) is 10.9. The minimum atomic E-state index is -0.517. The molecule has 16 heavy (non-hydrogen) atoms. The van der Waals surface area contributed by atoms with Gasteiger partial charge in [0.1, 0.15) is 12.4 Å². The smallest absolute Gasteiger partial charge is 0.305 e. The summed E-state index contributed by atoms with van der Waals surface area (Å²) in [5, 5.41) is 14.5. The molecule has 0 aliphatic carbocycles. The number of nitro groups is 1. The van der Waals surface area contributed by atoms with Gasteiger partial charge in [-0.2, -0.15) is 0 Å². The zero-order valence-electron chi connectivity index (χ0n) is 8.82. The molecule has 7 heteroatoms. The second kappa shape index (κ2) is 3.76. The highest BCUT2D eigenvalue weighted by molar-refractivity contribution is 5.43. The van der Waals surface area contributed by atoms with Gasteiger partial charge in [0.2, 0.25) is 5.88 Å². The predicted octanol–water partition coefficient (Wildman–Crippen LogP) is 1.42. The third-order valence-electron chi connectivity index (χ3n) is 1.84. The first-order chi connectivity index (χ1) is 7.56. The summed E-state index contributed by atoms with van der Waals surface area (Å²) >= 11 is 0. The van der Waals surface area contributed by atoms with Gasteiger partial charge >= 0.3 is 5.69 Å². The first-order valence-corrected chi connectivity index (χ1v) is 4.73. The largest absolute Gasteiger partial charge is 0.474 e. The molecule has 0 fully saturated rings. The summed E-state index contributed by atoms with van der Waals surface area (Å²) in [5.41, 5.74) is 0.410. The molecule has 0 amide bonds. The van der Waals surface area contributed by atoms with E-state index in [1.807, 2.05) is 13.8 Å². The number of hydrogen-bond donors (Lipinski definition) is 0. The fourth-order valence-electron chi connectivity index (χ4n) is 1.24. The van der Waals surface area contributed by atoms with Gasteiger partial charge in [-0.3, -0.25) is 10.1 Å². The van der Waals surface area contributed by atoms with E-state index < -0.39 is 4.92 Å². The highest BCUT2D eigenvalue weighted by Crippen LogP contribution is 2.15. The molecular formula is C9H10N4O3. The van der Waals surface area contributed by atoms with Crippen LogP contribution in [0.2, 0.25) is 0 Å². The van der Waals surface area contributed by atoms with E-state index in [9.17, 15) is 10.1 Å². The van der Waals surface area contributed by atoms with Gasteiger partial charge in [-0.05, 0) is 13.8 Å². The van der Waals surface area contributed by atoms with Crippen LogP contribution in [0.25, 0.3) is 5.65 Å². The van der Waals surface area contributed by atoms with Crippen LogP contribution >= 0.6 is 0 Å². The van der Waals surface area contributed by atoms with E-state index in [-0.39, 0.29) is 11.8 Å². The van der Waals surface area contributed by atoms with Crippen LogP contribution in [0.3, 0.4) is 0 Å². The Bertz CT molecular complexity index is 535. The van der Waals surface area contributed by atoms with Crippen LogP contribution in [-0.2, 0) is 0 Å². The zero-order valence-corrected chi connectivity index (χ0v) is 8.82. The Morgan fingerprint density at radius 1 is 1.56 bits per heavy atom. The lowest BCUT2D eigenvalue weighted by Crippen LogP contribution is -2.05. The molecule has 0 bridgehead atoms. The van der Waals surface area contributed by atoms with Crippen LogP contribution < -0.4 is 4.74 Å². The Morgan fingerprint density at radius 2 is 2.31 bits per heavy atom. The third kappa shape index (κ3) is 1.92. The average molecular weight is 222 g/mol. The van der Waals surface area contributed by atoms with Gasteiger partial charge in [0.15, 0.2) is 5.65 Å². The van der Waals surface area contributed by atoms with Crippen LogP contribution in [0.5, 0.6) is 5.88 Å². The summed E-state index contributed by atoms with van der Waals surface area (Å²) < 4.78 is 6.69. The molecule has 0 aliphatic rings. The highest BCUT2D eigenvalue weighted by Gasteiger charge is 2.10. The minimum Gasteiger partial charge on any atom is -0.474 e. The number of fused-ring (bicyclic) bond motifs is 1. The van der Waals surface area contributed by atoms with Crippen molar-refractivity contribution in [2.75, 3.05) is 0 Å². The van der Waals surface area contributed by atoms with Crippen molar-refractivity contribution < 1.29 is 9.66 Å². The summed E-state index contributed by atoms with van der Waals surface area (Å²) in [6, 6.07) is 1.63. The lowest BCUT2D eigenvalue weighted by Gasteiger charge is -2.03. The van der Waals surface area contributed by atoms with Crippen LogP contribution in [0.1, 0.15) is 13.8 Å². The molecule has 2 rings (SSSR count). The first-order valence-electron chi connectivity index (χ1n) is 4.73. The Balaban J connectivity index is 2.42. The highest BCUT2D eigenvalue weighted by atomic mass is 16.6. The van der Waals surface area contributed by atoms with Crippen molar-refractivity contribution in [1.82, 2.24) is 14.6 Å². The average Bonchev–Trinajstić information content (AvgIpc) is 2.56. The number of aromatic nitrogens is 3. The molecule has 0 aromatic carbocycles. The zero-order chi connectivity index (χ0) is 11.7. The maximum absolute atomic E-state index is 10.5. The molecule has 0 saturated carbocycles. The number of rotatable bonds is 3. The van der Waals surface area contributed by atoms with Crippen molar-refractivity contribution in [3.8, 4) is 5.88 Å². The molecule has 0 unspecified atom stereocenters. The van der Waals surface area contributed by atoms with Crippen LogP contribution in [0, 0.1) is 10.1 Å². The molecule has 2 aromatic heterocycles. The van der Waals surface area contributed by atoms with E-state index in [0.29, 0.717) is 11.5 Å². The maximum atomic E-state index is 10.5. The fourth-order valence-corrected chi connectivity index (χ4v) is 1.24. The van der Waals surface area contributed by atoms with E-state index in [1.54, 1.807) is 6.07 Å². The second-order valence-electron chi connectivity index (χ2n) is 3.52. The van der Waals surface area contributed by atoms with Gasteiger partial charge in [-0.25, -0.2) is 9.50 Å². The summed E-state index contributed by atoms with van der Waals surface area (Å²) in [6.07, 6.45) is 2.49. The third-order valence-corrected chi connectivity index (χ3v) is 1.84. The summed E-state index contributed by atoms with van der Waals surface area (Å²) in [7, 11) is 0. The molecular weight excluding hydrogens is 212 g/mol. The molecule has 0 atom stereocenters. The van der Waals surface area contributed by atoms with Crippen molar-refractivity contribution >= 4 is 11.3 Å². The van der Waals surface area contributed by atoms with Gasteiger partial charge in [-0.15, -0.1) is 5.10 Å². The van der Waals surface area contributed by atoms with Crippen LogP contribution in [0.4, 0.5) is 5.69 Å². The second-order valence-corrected chi connectivity index (χ2v) is 3.52. The quantitative estimate of drug-likeness (QED) is 0.579. The van der Waals surface area contributed by atoms with E-state index in [2.05, 4.69) is 10.1 Å². The van der Waals surface area contributed by atoms with E-state index in [4.69, 9.17) is 4.74 Å². The summed E-state index contributed by atoms with van der Waals surface area (Å²) in [5.74, 6) is 0.406. The predicted molar refractivity (Wildman–Crippen MR) is 55.4 cm³/mol. The van der Waals surface area contributed by atoms with E-state index in [0.717, 1.165) is 0 Å². The first kappa shape index (κ1) is 10.3. The van der Waals surface area contributed by atoms with Gasteiger partial charge in [0.25, 0.3) is 0 Å².